The number of guanidine groups is 1. The number of hydrogen-bond acceptors (Lipinski definition) is 3. The van der Waals surface area contributed by atoms with Crippen LogP contribution in [0.3, 0.4) is 0 Å². The molecule has 31 heavy (non-hydrogen) atoms. The summed E-state index contributed by atoms with van der Waals surface area (Å²) in [4.78, 5) is 22.7. The number of hydrogen-bond donors (Lipinski definition) is 1. The smallest absolute Gasteiger partial charge is 0.242 e. The van der Waals surface area contributed by atoms with Gasteiger partial charge >= 0.3 is 0 Å². The van der Waals surface area contributed by atoms with Gasteiger partial charge in [-0.3, -0.25) is 9.79 Å². The summed E-state index contributed by atoms with van der Waals surface area (Å²) < 4.78 is 0. The van der Waals surface area contributed by atoms with Crippen molar-refractivity contribution >= 4 is 47.6 Å². The summed E-state index contributed by atoms with van der Waals surface area (Å²) >= 11 is 1.92. The summed E-state index contributed by atoms with van der Waals surface area (Å²) in [7, 11) is 1.80. The lowest BCUT2D eigenvalue weighted by Crippen LogP contribution is -2.46. The molecule has 0 spiro atoms. The second-order valence-electron chi connectivity index (χ2n) is 7.96. The molecule has 1 unspecified atom stereocenters. The Bertz CT molecular complexity index is 892. The Kier molecular flexibility index (Phi) is 9.07. The Morgan fingerprint density at radius 1 is 1.06 bits per heavy atom. The third kappa shape index (κ3) is 6.38. The Labute approximate surface area is 206 Å². The normalized spacial score (nSPS) is 18.4. The van der Waals surface area contributed by atoms with Crippen molar-refractivity contribution in [1.82, 2.24) is 15.1 Å². The van der Waals surface area contributed by atoms with Crippen LogP contribution in [0.5, 0.6) is 0 Å². The first kappa shape index (κ1) is 23.9. The van der Waals surface area contributed by atoms with E-state index in [-0.39, 0.29) is 29.9 Å². The number of rotatable bonds is 5. The van der Waals surface area contributed by atoms with Gasteiger partial charge in [-0.15, -0.1) is 35.7 Å². The number of benzene rings is 2. The van der Waals surface area contributed by atoms with E-state index in [4.69, 9.17) is 0 Å². The number of aliphatic imine (C=N–C) groups is 1. The third-order valence-electron chi connectivity index (χ3n) is 5.91. The Morgan fingerprint density at radius 3 is 2.58 bits per heavy atom. The molecule has 2 aromatic carbocycles. The van der Waals surface area contributed by atoms with E-state index >= 15 is 0 Å². The summed E-state index contributed by atoms with van der Waals surface area (Å²) in [5, 5.41) is 3.30. The van der Waals surface area contributed by atoms with Crippen molar-refractivity contribution in [2.45, 2.75) is 24.3 Å². The molecule has 0 saturated carbocycles. The maximum atomic E-state index is 12.8. The molecule has 7 heteroatoms. The number of carbonyl (C=O) groups excluding carboxylic acids is 1. The number of amides is 1. The minimum atomic E-state index is 0. The van der Waals surface area contributed by atoms with E-state index in [1.54, 1.807) is 7.05 Å². The van der Waals surface area contributed by atoms with Crippen LogP contribution in [-0.4, -0.2) is 60.6 Å². The minimum Gasteiger partial charge on any atom is -0.347 e. The standard InChI is InChI=1S/C24H30N4OS.HI/c1-25-24(28-13-11-19(16-28)18-30-22-9-3-2-4-10-22)26-15-23(29)27-14-12-20-7-5-6-8-21(20)17-27;/h2-10,19H,11-18H2,1H3,(H,25,26);1H. The molecule has 2 heterocycles. The van der Waals surface area contributed by atoms with Crippen molar-refractivity contribution in [3.05, 3.63) is 65.7 Å². The van der Waals surface area contributed by atoms with Crippen LogP contribution in [-0.2, 0) is 17.8 Å². The monoisotopic (exact) mass is 550 g/mol. The van der Waals surface area contributed by atoms with Gasteiger partial charge in [0.15, 0.2) is 5.96 Å². The number of thioether (sulfide) groups is 1. The average molecular weight is 551 g/mol. The Balaban J connectivity index is 0.00000272. The number of carbonyl (C=O) groups is 1. The number of nitrogens with one attached hydrogen (secondary N) is 1. The molecule has 2 aromatic rings. The molecule has 0 aromatic heterocycles. The van der Waals surface area contributed by atoms with Gasteiger partial charge in [-0.1, -0.05) is 42.5 Å². The summed E-state index contributed by atoms with van der Waals surface area (Å²) in [5.41, 5.74) is 2.63. The van der Waals surface area contributed by atoms with Crippen molar-refractivity contribution in [2.75, 3.05) is 39.0 Å². The first-order chi connectivity index (χ1) is 14.7. The quantitative estimate of drug-likeness (QED) is 0.266. The molecule has 5 nitrogen and oxygen atoms in total. The van der Waals surface area contributed by atoms with Crippen molar-refractivity contribution in [1.29, 1.82) is 0 Å². The van der Waals surface area contributed by atoms with E-state index < -0.39 is 0 Å². The maximum absolute atomic E-state index is 12.8. The lowest BCUT2D eigenvalue weighted by molar-refractivity contribution is -0.130. The minimum absolute atomic E-state index is 0. The van der Waals surface area contributed by atoms with E-state index in [2.05, 4.69) is 63.7 Å². The van der Waals surface area contributed by atoms with Crippen LogP contribution >= 0.6 is 35.7 Å². The summed E-state index contributed by atoms with van der Waals surface area (Å²) in [6.07, 6.45) is 2.10. The van der Waals surface area contributed by atoms with Crippen molar-refractivity contribution in [3.63, 3.8) is 0 Å². The van der Waals surface area contributed by atoms with Gasteiger partial charge in [0.2, 0.25) is 5.91 Å². The lowest BCUT2D eigenvalue weighted by Gasteiger charge is -2.29. The van der Waals surface area contributed by atoms with Gasteiger partial charge in [0, 0.05) is 43.9 Å². The van der Waals surface area contributed by atoms with Crippen LogP contribution in [0.4, 0.5) is 0 Å². The van der Waals surface area contributed by atoms with Gasteiger partial charge in [-0.05, 0) is 42.0 Å². The molecule has 2 aliphatic rings. The Morgan fingerprint density at radius 2 is 1.81 bits per heavy atom. The first-order valence-electron chi connectivity index (χ1n) is 10.7. The fraction of sp³-hybridized carbons (Fsp3) is 0.417. The van der Waals surface area contributed by atoms with Gasteiger partial charge in [0.1, 0.15) is 0 Å². The molecule has 166 valence electrons. The number of nitrogens with zero attached hydrogens (tertiary/aromatic N) is 3. The second-order valence-corrected chi connectivity index (χ2v) is 9.05. The molecule has 0 bridgehead atoms. The molecule has 0 aliphatic carbocycles. The van der Waals surface area contributed by atoms with E-state index in [1.165, 1.54) is 16.0 Å². The molecule has 1 amide bonds. The fourth-order valence-electron chi connectivity index (χ4n) is 4.20. The van der Waals surface area contributed by atoms with Crippen molar-refractivity contribution in [3.8, 4) is 0 Å². The summed E-state index contributed by atoms with van der Waals surface area (Å²) in [5.74, 6) is 2.74. The summed E-state index contributed by atoms with van der Waals surface area (Å²) in [6, 6.07) is 19.0. The molecule has 1 saturated heterocycles. The highest BCUT2D eigenvalue weighted by Gasteiger charge is 2.26. The van der Waals surface area contributed by atoms with Gasteiger partial charge in [-0.2, -0.15) is 0 Å². The van der Waals surface area contributed by atoms with Crippen molar-refractivity contribution < 1.29 is 4.79 Å². The van der Waals surface area contributed by atoms with Gasteiger partial charge < -0.3 is 15.1 Å². The maximum Gasteiger partial charge on any atom is 0.242 e. The van der Waals surface area contributed by atoms with Gasteiger partial charge in [0.05, 0.1) is 6.54 Å². The molecule has 1 N–H and O–H groups in total. The molecule has 1 fully saturated rings. The zero-order chi connectivity index (χ0) is 20.8. The molecular formula is C24H31IN4OS. The first-order valence-corrected chi connectivity index (χ1v) is 11.7. The molecule has 4 rings (SSSR count). The van der Waals surface area contributed by atoms with Crippen LogP contribution < -0.4 is 5.32 Å². The zero-order valence-electron chi connectivity index (χ0n) is 18.0. The number of halogens is 1. The van der Waals surface area contributed by atoms with Crippen molar-refractivity contribution in [2.24, 2.45) is 10.9 Å². The average Bonchev–Trinajstić information content (AvgIpc) is 3.27. The SMILES string of the molecule is CN=C(NCC(=O)N1CCc2ccccc2C1)N1CCC(CSc2ccccc2)C1.I. The highest BCUT2D eigenvalue weighted by Crippen LogP contribution is 2.26. The van der Waals surface area contributed by atoms with Gasteiger partial charge in [-0.25, -0.2) is 0 Å². The largest absolute Gasteiger partial charge is 0.347 e. The molecular weight excluding hydrogens is 519 g/mol. The number of fused-ring (bicyclic) bond motifs is 1. The Hall–Kier alpha value is -1.74. The van der Waals surface area contributed by atoms with Crippen LogP contribution in [0.25, 0.3) is 0 Å². The summed E-state index contributed by atoms with van der Waals surface area (Å²) in [6.45, 7) is 3.78. The van der Waals surface area contributed by atoms with Crippen LogP contribution in [0.2, 0.25) is 0 Å². The third-order valence-corrected chi connectivity index (χ3v) is 7.15. The van der Waals surface area contributed by atoms with Gasteiger partial charge in [0.25, 0.3) is 0 Å². The molecule has 2 aliphatic heterocycles. The van der Waals surface area contributed by atoms with Crippen LogP contribution in [0.1, 0.15) is 17.5 Å². The lowest BCUT2D eigenvalue weighted by atomic mass is 10.00. The number of likely N-dealkylation sites (tertiary alicyclic amines) is 1. The predicted molar refractivity (Wildman–Crippen MR) is 139 cm³/mol. The van der Waals surface area contributed by atoms with Crippen LogP contribution in [0, 0.1) is 5.92 Å². The molecule has 0 radical (unpaired) electrons. The van der Waals surface area contributed by atoms with Crippen LogP contribution in [0.15, 0.2) is 64.5 Å². The topological polar surface area (TPSA) is 47.9 Å². The molecule has 1 atom stereocenters. The highest BCUT2D eigenvalue weighted by molar-refractivity contribution is 14.0. The van der Waals surface area contributed by atoms with E-state index in [0.29, 0.717) is 19.0 Å². The predicted octanol–water partition coefficient (Wildman–Crippen LogP) is 3.88. The van der Waals surface area contributed by atoms with E-state index in [0.717, 1.165) is 44.2 Å². The highest BCUT2D eigenvalue weighted by atomic mass is 127. The second kappa shape index (κ2) is 11.8. The zero-order valence-corrected chi connectivity index (χ0v) is 21.1. The fourth-order valence-corrected chi connectivity index (χ4v) is 5.25. The van der Waals surface area contributed by atoms with E-state index in [9.17, 15) is 4.79 Å². The van der Waals surface area contributed by atoms with E-state index in [1.807, 2.05) is 22.7 Å².